The van der Waals surface area contributed by atoms with Crippen LogP contribution in [0.4, 0.5) is 0 Å². The number of nitrogens with one attached hydrogen (secondary N) is 1. The lowest BCUT2D eigenvalue weighted by molar-refractivity contribution is 0.0927. The van der Waals surface area contributed by atoms with Crippen molar-refractivity contribution < 1.29 is 13.9 Å². The Labute approximate surface area is 130 Å². The topological polar surface area (TPSA) is 63.8 Å². The molecule has 1 amide bonds. The minimum absolute atomic E-state index is 0.154. The number of hydrogen-bond acceptors (Lipinski definition) is 4. The number of carbonyl (C=O) groups is 1. The second kappa shape index (κ2) is 7.31. The van der Waals surface area contributed by atoms with Gasteiger partial charge in [0.15, 0.2) is 5.76 Å². The van der Waals surface area contributed by atoms with Gasteiger partial charge in [-0.15, -0.1) is 6.42 Å². The van der Waals surface area contributed by atoms with E-state index in [2.05, 4.69) is 32.4 Å². The lowest BCUT2D eigenvalue weighted by Gasteiger charge is -2.06. The van der Waals surface area contributed by atoms with Crippen LogP contribution < -0.4 is 10.2 Å². The molecule has 0 saturated heterocycles. The Bertz CT molecular complexity index is 687. The van der Waals surface area contributed by atoms with E-state index in [0.717, 1.165) is 4.47 Å². The van der Waals surface area contributed by atoms with Crippen molar-refractivity contribution >= 4 is 28.1 Å². The van der Waals surface area contributed by atoms with E-state index >= 15 is 0 Å². The number of rotatable bonds is 5. The molecule has 5 nitrogen and oxygen atoms in total. The fourth-order valence-corrected chi connectivity index (χ4v) is 1.87. The zero-order chi connectivity index (χ0) is 15.1. The van der Waals surface area contributed by atoms with E-state index < -0.39 is 5.91 Å². The fourth-order valence-electron chi connectivity index (χ4n) is 1.49. The summed E-state index contributed by atoms with van der Waals surface area (Å²) in [6.07, 6.45) is 8.05. The molecule has 1 heterocycles. The molecule has 0 atom stereocenters. The average Bonchev–Trinajstić information content (AvgIpc) is 3.00. The van der Waals surface area contributed by atoms with Gasteiger partial charge < -0.3 is 9.15 Å². The molecule has 6 heteroatoms. The Morgan fingerprint density at radius 3 is 3.10 bits per heavy atom. The molecule has 1 N–H and O–H groups in total. The van der Waals surface area contributed by atoms with Gasteiger partial charge in [0, 0.05) is 10.0 Å². The molecule has 2 rings (SSSR count). The number of amides is 1. The SMILES string of the molecule is C#CCOc1ccc(Br)cc1/C=N\NC(=O)c1ccco1. The van der Waals surface area contributed by atoms with Crippen molar-refractivity contribution in [3.63, 3.8) is 0 Å². The molecule has 0 bridgehead atoms. The minimum Gasteiger partial charge on any atom is -0.480 e. The molecule has 106 valence electrons. The maximum atomic E-state index is 11.6. The van der Waals surface area contributed by atoms with Gasteiger partial charge in [0.2, 0.25) is 0 Å². The summed E-state index contributed by atoms with van der Waals surface area (Å²) in [7, 11) is 0. The van der Waals surface area contributed by atoms with Crippen LogP contribution >= 0.6 is 15.9 Å². The summed E-state index contributed by atoms with van der Waals surface area (Å²) < 4.78 is 11.2. The first-order chi connectivity index (χ1) is 10.2. The zero-order valence-corrected chi connectivity index (χ0v) is 12.5. The van der Waals surface area contributed by atoms with E-state index in [1.54, 1.807) is 24.3 Å². The van der Waals surface area contributed by atoms with E-state index in [9.17, 15) is 4.79 Å². The summed E-state index contributed by atoms with van der Waals surface area (Å²) in [5.41, 5.74) is 3.04. The Balaban J connectivity index is 2.07. The van der Waals surface area contributed by atoms with Crippen molar-refractivity contribution in [2.24, 2.45) is 5.10 Å². The largest absolute Gasteiger partial charge is 0.480 e. The monoisotopic (exact) mass is 346 g/mol. The lowest BCUT2D eigenvalue weighted by Crippen LogP contribution is -2.16. The highest BCUT2D eigenvalue weighted by molar-refractivity contribution is 9.10. The van der Waals surface area contributed by atoms with Crippen LogP contribution in [0.2, 0.25) is 0 Å². The maximum Gasteiger partial charge on any atom is 0.307 e. The molecular formula is C15H11BrN2O3. The van der Waals surface area contributed by atoms with E-state index in [1.165, 1.54) is 12.5 Å². The third kappa shape index (κ3) is 4.23. The van der Waals surface area contributed by atoms with Crippen LogP contribution in [0.5, 0.6) is 5.75 Å². The van der Waals surface area contributed by atoms with Gasteiger partial charge in [0.05, 0.1) is 12.5 Å². The summed E-state index contributed by atoms with van der Waals surface area (Å²) in [5.74, 6) is 2.72. The van der Waals surface area contributed by atoms with Gasteiger partial charge in [-0.25, -0.2) is 5.43 Å². The van der Waals surface area contributed by atoms with Gasteiger partial charge in [-0.2, -0.15) is 5.10 Å². The average molecular weight is 347 g/mol. The molecule has 0 aliphatic rings. The first-order valence-corrected chi connectivity index (χ1v) is 6.72. The van der Waals surface area contributed by atoms with Crippen molar-refractivity contribution in [2.45, 2.75) is 0 Å². The minimum atomic E-state index is -0.433. The number of nitrogens with zero attached hydrogens (tertiary/aromatic N) is 1. The summed E-state index contributed by atoms with van der Waals surface area (Å²) in [5, 5.41) is 3.87. The van der Waals surface area contributed by atoms with Crippen LogP contribution in [0.25, 0.3) is 0 Å². The maximum absolute atomic E-state index is 11.6. The quantitative estimate of drug-likeness (QED) is 0.514. The van der Waals surface area contributed by atoms with Crippen LogP contribution in [0, 0.1) is 12.3 Å². The van der Waals surface area contributed by atoms with Crippen LogP contribution in [0.1, 0.15) is 16.1 Å². The second-order valence-electron chi connectivity index (χ2n) is 3.85. The third-order valence-corrected chi connectivity index (χ3v) is 2.89. The number of halogens is 1. The predicted molar refractivity (Wildman–Crippen MR) is 82.2 cm³/mol. The van der Waals surface area contributed by atoms with Crippen molar-refractivity contribution in [1.82, 2.24) is 5.43 Å². The second-order valence-corrected chi connectivity index (χ2v) is 4.77. The molecule has 0 fully saturated rings. The summed E-state index contributed by atoms with van der Waals surface area (Å²) in [6, 6.07) is 8.56. The number of hydrogen-bond donors (Lipinski definition) is 1. The smallest absolute Gasteiger partial charge is 0.307 e. The zero-order valence-electron chi connectivity index (χ0n) is 10.9. The number of furan rings is 1. The standard InChI is InChI=1S/C15H11BrN2O3/c1-2-7-20-13-6-5-12(16)9-11(13)10-17-18-15(19)14-4-3-8-21-14/h1,3-6,8-10H,7H2,(H,18,19)/b17-10-. The van der Waals surface area contributed by atoms with Gasteiger partial charge in [-0.1, -0.05) is 21.9 Å². The number of ether oxygens (including phenoxy) is 1. The van der Waals surface area contributed by atoms with Crippen LogP contribution in [0.15, 0.2) is 50.6 Å². The number of benzene rings is 1. The highest BCUT2D eigenvalue weighted by Crippen LogP contribution is 2.21. The number of carbonyl (C=O) groups excluding carboxylic acids is 1. The molecular weight excluding hydrogens is 336 g/mol. The fraction of sp³-hybridized carbons (Fsp3) is 0.0667. The van der Waals surface area contributed by atoms with Crippen LogP contribution in [-0.2, 0) is 0 Å². The Kier molecular flexibility index (Phi) is 5.18. The Hall–Kier alpha value is -2.52. The van der Waals surface area contributed by atoms with E-state index in [-0.39, 0.29) is 12.4 Å². The first kappa shape index (κ1) is 14.9. The summed E-state index contributed by atoms with van der Waals surface area (Å²) in [6.45, 7) is 0.154. The summed E-state index contributed by atoms with van der Waals surface area (Å²) >= 11 is 3.36. The van der Waals surface area contributed by atoms with Gasteiger partial charge in [0.1, 0.15) is 12.4 Å². The lowest BCUT2D eigenvalue weighted by atomic mass is 10.2. The molecule has 2 aromatic rings. The summed E-state index contributed by atoms with van der Waals surface area (Å²) in [4.78, 5) is 11.6. The third-order valence-electron chi connectivity index (χ3n) is 2.40. The Morgan fingerprint density at radius 1 is 1.52 bits per heavy atom. The van der Waals surface area contributed by atoms with Gasteiger partial charge in [0.25, 0.3) is 0 Å². The number of hydrazone groups is 1. The van der Waals surface area contributed by atoms with E-state index in [1.807, 2.05) is 6.07 Å². The first-order valence-electron chi connectivity index (χ1n) is 5.93. The van der Waals surface area contributed by atoms with E-state index in [4.69, 9.17) is 15.6 Å². The molecule has 0 aliphatic heterocycles. The molecule has 0 radical (unpaired) electrons. The number of terminal acetylenes is 1. The molecule has 1 aromatic carbocycles. The molecule has 0 unspecified atom stereocenters. The van der Waals surface area contributed by atoms with Crippen molar-refractivity contribution in [1.29, 1.82) is 0 Å². The molecule has 0 aliphatic carbocycles. The Morgan fingerprint density at radius 2 is 2.38 bits per heavy atom. The normalized spacial score (nSPS) is 10.3. The van der Waals surface area contributed by atoms with Crippen LogP contribution in [-0.4, -0.2) is 18.7 Å². The highest BCUT2D eigenvalue weighted by Gasteiger charge is 2.07. The van der Waals surface area contributed by atoms with Crippen LogP contribution in [0.3, 0.4) is 0 Å². The van der Waals surface area contributed by atoms with E-state index in [0.29, 0.717) is 11.3 Å². The molecule has 1 aromatic heterocycles. The van der Waals surface area contributed by atoms with Gasteiger partial charge in [-0.3, -0.25) is 4.79 Å². The van der Waals surface area contributed by atoms with Gasteiger partial charge >= 0.3 is 5.91 Å². The molecule has 0 spiro atoms. The van der Waals surface area contributed by atoms with Gasteiger partial charge in [-0.05, 0) is 30.3 Å². The van der Waals surface area contributed by atoms with Crippen molar-refractivity contribution in [2.75, 3.05) is 6.61 Å². The predicted octanol–water partition coefficient (Wildman–Crippen LogP) is 2.82. The molecule has 21 heavy (non-hydrogen) atoms. The van der Waals surface area contributed by atoms with Crippen molar-refractivity contribution in [3.05, 3.63) is 52.4 Å². The molecule has 0 saturated carbocycles. The highest BCUT2D eigenvalue weighted by atomic mass is 79.9. The van der Waals surface area contributed by atoms with Crippen molar-refractivity contribution in [3.8, 4) is 18.1 Å².